The van der Waals surface area contributed by atoms with Crippen LogP contribution in [0.2, 0.25) is 0 Å². The lowest BCUT2D eigenvalue weighted by molar-refractivity contribution is 0.0599. The van der Waals surface area contributed by atoms with Crippen molar-refractivity contribution in [1.82, 2.24) is 19.5 Å². The molecule has 0 bridgehead atoms. The monoisotopic (exact) mass is 366 g/mol. The molecule has 0 aliphatic heterocycles. The molecule has 0 saturated heterocycles. The van der Waals surface area contributed by atoms with E-state index in [-0.39, 0.29) is 11.5 Å². The van der Waals surface area contributed by atoms with Crippen molar-refractivity contribution in [2.75, 3.05) is 7.11 Å². The number of ether oxygens (including phenoxy) is 1. The fourth-order valence-electron chi connectivity index (χ4n) is 2.62. The molecule has 0 aliphatic carbocycles. The molecule has 0 amide bonds. The number of rotatable bonds is 3. The summed E-state index contributed by atoms with van der Waals surface area (Å²) in [5.41, 5.74) is 2.30. The lowest BCUT2D eigenvalue weighted by Gasteiger charge is -1.99. The maximum absolute atomic E-state index is 11.1. The summed E-state index contributed by atoms with van der Waals surface area (Å²) < 4.78 is 6.55. The Morgan fingerprint density at radius 2 is 1.89 bits per heavy atom. The molecule has 8 nitrogen and oxygen atoms in total. The minimum Gasteiger partial charge on any atom is -0.478 e. The average Bonchev–Trinajstić information content (AvgIpc) is 3.32. The third-order valence-corrected chi connectivity index (χ3v) is 4.01. The topological polar surface area (TPSA) is 110 Å². The molecule has 0 unspecified atom stereocenters. The van der Waals surface area contributed by atoms with Crippen molar-refractivity contribution in [3.8, 4) is 0 Å². The maximum atomic E-state index is 11.1. The van der Waals surface area contributed by atoms with Crippen LogP contribution in [-0.4, -0.2) is 43.7 Å². The van der Waals surface area contributed by atoms with Gasteiger partial charge in [0.2, 0.25) is 0 Å². The van der Waals surface area contributed by atoms with E-state index in [1.807, 2.05) is 29.8 Å². The first kappa shape index (κ1) is 18.1. The van der Waals surface area contributed by atoms with E-state index in [1.54, 1.807) is 18.3 Å². The molecule has 138 valence electrons. The van der Waals surface area contributed by atoms with Gasteiger partial charge in [-0.05, 0) is 31.2 Å². The molecule has 0 aliphatic rings. The number of H-pyrrole nitrogens is 1. The number of carboxylic acids is 1. The van der Waals surface area contributed by atoms with E-state index in [1.165, 1.54) is 19.5 Å². The number of carboxylic acid groups (broad SMARTS) is 1. The van der Waals surface area contributed by atoms with Gasteiger partial charge in [-0.2, -0.15) is 0 Å². The number of esters is 1. The van der Waals surface area contributed by atoms with Crippen molar-refractivity contribution in [1.29, 1.82) is 0 Å². The van der Waals surface area contributed by atoms with Crippen molar-refractivity contribution in [2.45, 2.75) is 13.5 Å². The van der Waals surface area contributed by atoms with Crippen LogP contribution in [-0.2, 0) is 11.3 Å². The first-order valence-electron chi connectivity index (χ1n) is 8.23. The largest absolute Gasteiger partial charge is 0.478 e. The van der Waals surface area contributed by atoms with E-state index in [4.69, 9.17) is 5.11 Å². The van der Waals surface area contributed by atoms with Crippen LogP contribution in [0.5, 0.6) is 0 Å². The Morgan fingerprint density at radius 3 is 2.59 bits per heavy atom. The summed E-state index contributed by atoms with van der Waals surface area (Å²) in [5.74, 6) is -1.31. The Morgan fingerprint density at radius 1 is 1.15 bits per heavy atom. The molecule has 0 radical (unpaired) electrons. The zero-order valence-electron chi connectivity index (χ0n) is 14.8. The molecular weight excluding hydrogens is 348 g/mol. The highest BCUT2D eigenvalue weighted by molar-refractivity contribution is 5.93. The van der Waals surface area contributed by atoms with E-state index in [0.29, 0.717) is 5.56 Å². The van der Waals surface area contributed by atoms with Crippen LogP contribution in [0.25, 0.3) is 22.1 Å². The van der Waals surface area contributed by atoms with Crippen LogP contribution in [0.15, 0.2) is 49.1 Å². The highest BCUT2D eigenvalue weighted by Crippen LogP contribution is 2.14. The molecule has 4 aromatic rings. The van der Waals surface area contributed by atoms with Gasteiger partial charge in [-0.3, -0.25) is 0 Å². The Hall–Kier alpha value is -3.68. The van der Waals surface area contributed by atoms with Crippen molar-refractivity contribution < 1.29 is 19.4 Å². The minimum atomic E-state index is -0.941. The van der Waals surface area contributed by atoms with Crippen molar-refractivity contribution >= 4 is 34.0 Å². The quantitative estimate of drug-likeness (QED) is 0.539. The number of hydrogen-bond donors (Lipinski definition) is 2. The smallest absolute Gasteiger partial charge is 0.339 e. The molecule has 0 saturated carbocycles. The molecule has 2 N–H and O–H groups in total. The number of aromatic nitrogens is 4. The number of methoxy groups -OCH3 is 1. The summed E-state index contributed by atoms with van der Waals surface area (Å²) in [6.07, 6.45) is 6.56. The van der Waals surface area contributed by atoms with Crippen molar-refractivity contribution in [3.63, 3.8) is 0 Å². The van der Waals surface area contributed by atoms with E-state index in [9.17, 15) is 9.59 Å². The molecule has 0 fully saturated rings. The van der Waals surface area contributed by atoms with Gasteiger partial charge in [-0.15, -0.1) is 0 Å². The van der Waals surface area contributed by atoms with E-state index >= 15 is 0 Å². The Bertz CT molecular complexity index is 1110. The first-order valence-corrected chi connectivity index (χ1v) is 8.23. The van der Waals surface area contributed by atoms with Gasteiger partial charge in [-0.25, -0.2) is 19.6 Å². The number of pyridine rings is 2. The third kappa shape index (κ3) is 3.79. The van der Waals surface area contributed by atoms with E-state index in [2.05, 4.69) is 19.7 Å². The van der Waals surface area contributed by atoms with Gasteiger partial charge in [0, 0.05) is 42.1 Å². The second-order valence-electron chi connectivity index (χ2n) is 5.67. The Kier molecular flexibility index (Phi) is 5.16. The summed E-state index contributed by atoms with van der Waals surface area (Å²) in [6.45, 7) is 2.86. The van der Waals surface area contributed by atoms with Crippen LogP contribution >= 0.6 is 0 Å². The van der Waals surface area contributed by atoms with Crippen LogP contribution in [0.4, 0.5) is 0 Å². The van der Waals surface area contributed by atoms with E-state index in [0.717, 1.165) is 28.6 Å². The molecular formula is C19H18N4O4. The molecule has 0 aromatic carbocycles. The van der Waals surface area contributed by atoms with Crippen molar-refractivity contribution in [3.05, 3.63) is 60.2 Å². The number of aromatic carboxylic acids is 1. The highest BCUT2D eigenvalue weighted by atomic mass is 16.5. The van der Waals surface area contributed by atoms with Crippen LogP contribution in [0.3, 0.4) is 0 Å². The fraction of sp³-hybridized carbons (Fsp3) is 0.158. The number of nitrogens with one attached hydrogen (secondary N) is 1. The van der Waals surface area contributed by atoms with Crippen LogP contribution < -0.4 is 0 Å². The zero-order chi connectivity index (χ0) is 19.4. The highest BCUT2D eigenvalue weighted by Gasteiger charge is 2.07. The summed E-state index contributed by atoms with van der Waals surface area (Å²) >= 11 is 0. The van der Waals surface area contributed by atoms with Crippen LogP contribution in [0, 0.1) is 0 Å². The number of aromatic amines is 1. The lowest BCUT2D eigenvalue weighted by atomic mass is 10.2. The molecule has 8 heteroatoms. The van der Waals surface area contributed by atoms with Gasteiger partial charge in [-0.1, -0.05) is 0 Å². The van der Waals surface area contributed by atoms with Gasteiger partial charge in [0.25, 0.3) is 0 Å². The number of hydrogen-bond acceptors (Lipinski definition) is 5. The molecule has 27 heavy (non-hydrogen) atoms. The van der Waals surface area contributed by atoms with Gasteiger partial charge in [0.05, 0.1) is 18.2 Å². The summed E-state index contributed by atoms with van der Waals surface area (Å²) in [5, 5.41) is 10.5. The second kappa shape index (κ2) is 7.69. The van der Waals surface area contributed by atoms with E-state index < -0.39 is 5.97 Å². The van der Waals surface area contributed by atoms with Gasteiger partial charge < -0.3 is 19.4 Å². The molecule has 4 aromatic heterocycles. The SMILES string of the molecule is CCn1ccc2cc(C(=O)O)cnc21.COC(=O)c1cnc2[nH]ccc2c1. The number of nitrogens with zero attached hydrogens (tertiary/aromatic N) is 3. The predicted molar refractivity (Wildman–Crippen MR) is 99.8 cm³/mol. The van der Waals surface area contributed by atoms with Crippen molar-refractivity contribution in [2.24, 2.45) is 0 Å². The zero-order valence-corrected chi connectivity index (χ0v) is 14.8. The predicted octanol–water partition coefficient (Wildman–Crippen LogP) is 3.10. The first-order chi connectivity index (χ1) is 13.0. The summed E-state index contributed by atoms with van der Waals surface area (Å²) in [7, 11) is 1.35. The summed E-state index contributed by atoms with van der Waals surface area (Å²) in [4.78, 5) is 32.9. The van der Waals surface area contributed by atoms with Gasteiger partial charge in [0.15, 0.2) is 0 Å². The molecule has 4 rings (SSSR count). The molecule has 0 spiro atoms. The van der Waals surface area contributed by atoms with Gasteiger partial charge in [0.1, 0.15) is 11.3 Å². The minimum absolute atomic E-state index is 0.228. The number of fused-ring (bicyclic) bond motifs is 2. The lowest BCUT2D eigenvalue weighted by Crippen LogP contribution is -2.01. The number of carbonyl (C=O) groups is 2. The molecule has 4 heterocycles. The van der Waals surface area contributed by atoms with Crippen LogP contribution in [0.1, 0.15) is 27.6 Å². The molecule has 0 atom stereocenters. The average molecular weight is 366 g/mol. The van der Waals surface area contributed by atoms with Gasteiger partial charge >= 0.3 is 11.9 Å². The Balaban J connectivity index is 0.000000156. The third-order valence-electron chi connectivity index (χ3n) is 4.01. The number of aryl methyl sites for hydroxylation is 1. The fourth-order valence-corrected chi connectivity index (χ4v) is 2.62. The number of carbonyl (C=O) groups excluding carboxylic acids is 1. The summed E-state index contributed by atoms with van der Waals surface area (Å²) in [6, 6.07) is 7.11. The maximum Gasteiger partial charge on any atom is 0.339 e. The Labute approximate surface area is 154 Å². The second-order valence-corrected chi connectivity index (χ2v) is 5.67. The normalized spacial score (nSPS) is 10.4. The standard InChI is InChI=1S/C10H10N2O2.C9H8N2O2/c1-2-12-4-3-7-5-8(10(13)14)6-11-9(7)12;1-13-9(12)7-4-6-2-3-10-8(6)11-5-7/h3-6H,2H2,1H3,(H,13,14);2-5H,1H3,(H,10,11).